The van der Waals surface area contributed by atoms with Crippen molar-refractivity contribution in [2.24, 2.45) is 0 Å². The van der Waals surface area contributed by atoms with E-state index in [9.17, 15) is 13.2 Å². The minimum absolute atomic E-state index is 0.137. The van der Waals surface area contributed by atoms with E-state index in [1.165, 1.54) is 17.1 Å². The molecule has 0 amide bonds. The van der Waals surface area contributed by atoms with Gasteiger partial charge in [0.05, 0.1) is 15.6 Å². The van der Waals surface area contributed by atoms with Crippen LogP contribution < -0.4 is 4.83 Å². The van der Waals surface area contributed by atoms with Gasteiger partial charge in [-0.05, 0) is 24.3 Å². The van der Waals surface area contributed by atoms with Crippen LogP contribution in [0.5, 0.6) is 0 Å². The van der Waals surface area contributed by atoms with Gasteiger partial charge in [0.1, 0.15) is 4.90 Å². The van der Waals surface area contributed by atoms with E-state index in [-0.39, 0.29) is 20.5 Å². The molecule has 0 aliphatic heterocycles. The van der Waals surface area contributed by atoms with Crippen LogP contribution in [0.15, 0.2) is 41.6 Å². The Balaban J connectivity index is 2.51. The average molecular weight is 335 g/mol. The molecule has 0 aliphatic carbocycles. The summed E-state index contributed by atoms with van der Waals surface area (Å²) in [5.74, 6) is -1.34. The fourth-order valence-electron chi connectivity index (χ4n) is 1.48. The Hall–Kier alpha value is -1.70. The lowest BCUT2D eigenvalue weighted by Crippen LogP contribution is -2.22. The monoisotopic (exact) mass is 334 g/mol. The maximum atomic E-state index is 12.2. The van der Waals surface area contributed by atoms with Crippen molar-refractivity contribution in [2.45, 2.75) is 4.90 Å². The first-order valence-electron chi connectivity index (χ1n) is 5.19. The highest BCUT2D eigenvalue weighted by molar-refractivity contribution is 7.92. The lowest BCUT2D eigenvalue weighted by Gasteiger charge is -2.11. The molecule has 0 unspecified atom stereocenters. The quantitative estimate of drug-likeness (QED) is 0.898. The zero-order valence-electron chi connectivity index (χ0n) is 9.75. The van der Waals surface area contributed by atoms with Gasteiger partial charge in [-0.25, -0.2) is 9.63 Å². The molecule has 0 atom stereocenters. The number of carbonyl (C=O) groups is 1. The number of rotatable bonds is 4. The summed E-state index contributed by atoms with van der Waals surface area (Å²) in [5.41, 5.74) is -0.344. The highest BCUT2D eigenvalue weighted by atomic mass is 35.5. The zero-order valence-corrected chi connectivity index (χ0v) is 12.1. The first kappa shape index (κ1) is 14.7. The van der Waals surface area contributed by atoms with Crippen molar-refractivity contribution in [1.29, 1.82) is 0 Å². The molecule has 6 nitrogen and oxygen atoms in total. The number of nitrogens with zero attached hydrogens (tertiary/aromatic N) is 1. The van der Waals surface area contributed by atoms with Crippen molar-refractivity contribution in [3.8, 4) is 0 Å². The molecular weight excluding hydrogens is 327 g/mol. The summed E-state index contributed by atoms with van der Waals surface area (Å²) in [6.07, 6.45) is 2.94. The first-order valence-corrected chi connectivity index (χ1v) is 7.43. The van der Waals surface area contributed by atoms with Crippen LogP contribution in [-0.4, -0.2) is 24.2 Å². The molecule has 0 spiro atoms. The van der Waals surface area contributed by atoms with E-state index in [0.717, 1.165) is 12.1 Å². The van der Waals surface area contributed by atoms with E-state index >= 15 is 0 Å². The minimum atomic E-state index is -4.03. The molecule has 2 rings (SSSR count). The number of aromatic nitrogens is 1. The second kappa shape index (κ2) is 5.35. The number of benzene rings is 1. The predicted octanol–water partition coefficient (Wildman–Crippen LogP) is 2.43. The van der Waals surface area contributed by atoms with Crippen molar-refractivity contribution in [3.63, 3.8) is 0 Å². The molecule has 0 fully saturated rings. The summed E-state index contributed by atoms with van der Waals surface area (Å²) in [6, 6.07) is 5.24. The van der Waals surface area contributed by atoms with Gasteiger partial charge in [0, 0.05) is 12.4 Å². The van der Waals surface area contributed by atoms with Gasteiger partial charge in [-0.3, -0.25) is 4.68 Å². The summed E-state index contributed by atoms with van der Waals surface area (Å²) in [7, 11) is -4.03. The number of carboxylic acids is 1. The predicted molar refractivity (Wildman–Crippen MR) is 74.4 cm³/mol. The van der Waals surface area contributed by atoms with Crippen molar-refractivity contribution in [2.75, 3.05) is 4.83 Å². The van der Waals surface area contributed by atoms with Gasteiger partial charge in [-0.15, -0.1) is 0 Å². The van der Waals surface area contributed by atoms with Crippen LogP contribution in [0.25, 0.3) is 0 Å². The average Bonchev–Trinajstić information content (AvgIpc) is 2.79. The van der Waals surface area contributed by atoms with Gasteiger partial charge in [-0.1, -0.05) is 23.2 Å². The molecule has 1 heterocycles. The maximum Gasteiger partial charge on any atom is 0.337 e. The number of hydrogen-bond acceptors (Lipinski definition) is 3. The Labute approximate surface area is 124 Å². The van der Waals surface area contributed by atoms with Crippen LogP contribution in [0.1, 0.15) is 10.4 Å². The zero-order chi connectivity index (χ0) is 14.9. The Kier molecular flexibility index (Phi) is 3.94. The number of carboxylic acid groups (broad SMARTS) is 1. The van der Waals surface area contributed by atoms with Gasteiger partial charge in [-0.2, -0.15) is 8.42 Å². The molecule has 1 aromatic carbocycles. The molecule has 1 aromatic heterocycles. The van der Waals surface area contributed by atoms with E-state index < -0.39 is 16.0 Å². The number of sulfonamides is 1. The van der Waals surface area contributed by atoms with Crippen LogP contribution in [0.2, 0.25) is 10.0 Å². The standard InChI is InChI=1S/C11H8Cl2N2O4S/c12-8-6-9(13)10(5-7(8)11(16)17)20(18,19)14-15-3-1-2-4-15/h1-6,14H,(H,16,17). The molecular formula is C11H8Cl2N2O4S. The molecule has 0 saturated carbocycles. The Morgan fingerprint density at radius 1 is 1.15 bits per heavy atom. The van der Waals surface area contributed by atoms with Crippen molar-refractivity contribution in [3.05, 3.63) is 52.3 Å². The highest BCUT2D eigenvalue weighted by Gasteiger charge is 2.22. The van der Waals surface area contributed by atoms with Gasteiger partial charge in [0.25, 0.3) is 10.0 Å². The second-order valence-electron chi connectivity index (χ2n) is 3.75. The third kappa shape index (κ3) is 2.90. The van der Waals surface area contributed by atoms with Crippen molar-refractivity contribution < 1.29 is 18.3 Å². The van der Waals surface area contributed by atoms with E-state index in [1.807, 2.05) is 0 Å². The van der Waals surface area contributed by atoms with Crippen LogP contribution in [0.4, 0.5) is 0 Å². The molecule has 20 heavy (non-hydrogen) atoms. The number of hydrogen-bond donors (Lipinski definition) is 2. The molecule has 2 aromatic rings. The van der Waals surface area contributed by atoms with Crippen LogP contribution in [0, 0.1) is 0 Å². The smallest absolute Gasteiger partial charge is 0.337 e. The summed E-state index contributed by atoms with van der Waals surface area (Å²) in [6.45, 7) is 0. The van der Waals surface area contributed by atoms with Gasteiger partial charge < -0.3 is 5.11 Å². The first-order chi connectivity index (χ1) is 9.31. The Morgan fingerprint density at radius 2 is 1.75 bits per heavy atom. The fourth-order valence-corrected chi connectivity index (χ4v) is 3.34. The summed E-state index contributed by atoms with van der Waals surface area (Å²) in [5, 5.41) is 8.65. The van der Waals surface area contributed by atoms with E-state index in [0.29, 0.717) is 0 Å². The normalized spacial score (nSPS) is 11.3. The third-order valence-corrected chi connectivity index (χ3v) is 4.48. The number of aromatic carboxylic acids is 1. The van der Waals surface area contributed by atoms with Crippen LogP contribution in [-0.2, 0) is 10.0 Å². The lowest BCUT2D eigenvalue weighted by atomic mass is 10.2. The van der Waals surface area contributed by atoms with Gasteiger partial charge >= 0.3 is 5.97 Å². The summed E-state index contributed by atoms with van der Waals surface area (Å²) < 4.78 is 25.5. The van der Waals surface area contributed by atoms with Crippen molar-refractivity contribution >= 4 is 39.2 Å². The van der Waals surface area contributed by atoms with E-state index in [2.05, 4.69) is 4.83 Å². The van der Waals surface area contributed by atoms with Crippen molar-refractivity contribution in [1.82, 2.24) is 4.68 Å². The van der Waals surface area contributed by atoms with Crippen LogP contribution in [0.3, 0.4) is 0 Å². The fraction of sp³-hybridized carbons (Fsp3) is 0. The number of nitrogens with one attached hydrogen (secondary N) is 1. The van der Waals surface area contributed by atoms with Crippen LogP contribution >= 0.6 is 23.2 Å². The minimum Gasteiger partial charge on any atom is -0.478 e. The third-order valence-electron chi connectivity index (χ3n) is 2.37. The van der Waals surface area contributed by atoms with Gasteiger partial charge in [0.2, 0.25) is 0 Å². The van der Waals surface area contributed by atoms with E-state index in [1.54, 1.807) is 12.1 Å². The second-order valence-corrected chi connectivity index (χ2v) is 6.20. The highest BCUT2D eigenvalue weighted by Crippen LogP contribution is 2.29. The Bertz CT molecular complexity index is 757. The van der Waals surface area contributed by atoms with E-state index in [4.69, 9.17) is 28.3 Å². The molecule has 106 valence electrons. The summed E-state index contributed by atoms with van der Waals surface area (Å²) in [4.78, 5) is 12.8. The Morgan fingerprint density at radius 3 is 2.30 bits per heavy atom. The molecule has 0 aliphatic rings. The molecule has 0 saturated heterocycles. The molecule has 2 N–H and O–H groups in total. The lowest BCUT2D eigenvalue weighted by molar-refractivity contribution is 0.0697. The number of halogens is 2. The molecule has 9 heteroatoms. The maximum absolute atomic E-state index is 12.2. The SMILES string of the molecule is O=C(O)c1cc(S(=O)(=O)Nn2cccc2)c(Cl)cc1Cl. The molecule has 0 radical (unpaired) electrons. The van der Waals surface area contributed by atoms with Gasteiger partial charge in [0.15, 0.2) is 0 Å². The molecule has 0 bridgehead atoms. The largest absolute Gasteiger partial charge is 0.478 e. The summed E-state index contributed by atoms with van der Waals surface area (Å²) >= 11 is 11.5. The topological polar surface area (TPSA) is 88.4 Å².